The van der Waals surface area contributed by atoms with Crippen molar-refractivity contribution >= 4 is 12.1 Å². The van der Waals surface area contributed by atoms with E-state index >= 15 is 0 Å². The van der Waals surface area contributed by atoms with E-state index < -0.39 is 12.1 Å². The van der Waals surface area contributed by atoms with Crippen LogP contribution in [-0.4, -0.2) is 55.9 Å². The van der Waals surface area contributed by atoms with E-state index in [-0.39, 0.29) is 5.97 Å². The molecule has 2 aromatic rings. The Balaban J connectivity index is 1.39. The molecule has 1 aliphatic rings. The molecule has 6 heteroatoms. The molecule has 1 fully saturated rings. The van der Waals surface area contributed by atoms with Crippen molar-refractivity contribution in [3.8, 4) is 0 Å². The molecule has 1 aliphatic heterocycles. The normalized spacial score (nSPS) is 16.1. The maximum atomic E-state index is 12.5. The summed E-state index contributed by atoms with van der Waals surface area (Å²) in [5.74, 6) is -0.378. The van der Waals surface area contributed by atoms with Crippen molar-refractivity contribution in [2.75, 3.05) is 32.8 Å². The van der Waals surface area contributed by atoms with E-state index in [0.717, 1.165) is 25.7 Å². The van der Waals surface area contributed by atoms with Gasteiger partial charge < -0.3 is 14.8 Å². The van der Waals surface area contributed by atoms with Crippen LogP contribution in [0.15, 0.2) is 60.7 Å². The minimum atomic E-state index is -0.642. The van der Waals surface area contributed by atoms with Crippen LogP contribution >= 0.6 is 0 Å². The van der Waals surface area contributed by atoms with E-state index in [1.807, 2.05) is 36.4 Å². The molecule has 0 radical (unpaired) electrons. The van der Waals surface area contributed by atoms with Crippen molar-refractivity contribution in [3.05, 3.63) is 71.8 Å². The van der Waals surface area contributed by atoms with Crippen LogP contribution in [0.5, 0.6) is 0 Å². The quantitative estimate of drug-likeness (QED) is 0.508. The number of piperazine rings is 1. The molecule has 0 spiro atoms. The van der Waals surface area contributed by atoms with Gasteiger partial charge in [-0.1, -0.05) is 60.7 Å². The lowest BCUT2D eigenvalue weighted by Gasteiger charge is -2.33. The number of carbonyl (C=O) groups excluding carboxylic acids is 2. The molecule has 6 nitrogen and oxygen atoms in total. The second-order valence-corrected chi connectivity index (χ2v) is 7.37. The van der Waals surface area contributed by atoms with E-state index in [1.54, 1.807) is 0 Å². The smallest absolute Gasteiger partial charge is 0.410 e. The van der Waals surface area contributed by atoms with Gasteiger partial charge in [-0.05, 0) is 36.8 Å². The van der Waals surface area contributed by atoms with Gasteiger partial charge in [0, 0.05) is 19.6 Å². The summed E-state index contributed by atoms with van der Waals surface area (Å²) in [6.07, 6.45) is 2.75. The number of ether oxygens (including phenoxy) is 2. The van der Waals surface area contributed by atoms with Crippen LogP contribution in [0.25, 0.3) is 0 Å². The van der Waals surface area contributed by atoms with Gasteiger partial charge in [-0.25, -0.2) is 9.59 Å². The molecule has 1 N–H and O–H groups in total. The molecule has 0 saturated carbocycles. The molecule has 1 amide bonds. The molecule has 160 valence electrons. The van der Waals surface area contributed by atoms with E-state index in [4.69, 9.17) is 9.47 Å². The van der Waals surface area contributed by atoms with E-state index in [9.17, 15) is 9.59 Å². The van der Waals surface area contributed by atoms with E-state index in [2.05, 4.69) is 29.6 Å². The van der Waals surface area contributed by atoms with Crippen molar-refractivity contribution in [1.82, 2.24) is 10.2 Å². The molecule has 0 aromatic heterocycles. The van der Waals surface area contributed by atoms with Crippen LogP contribution in [0.2, 0.25) is 0 Å². The Morgan fingerprint density at radius 2 is 1.43 bits per heavy atom. The van der Waals surface area contributed by atoms with E-state index in [1.165, 1.54) is 16.0 Å². The molecule has 30 heavy (non-hydrogen) atoms. The highest BCUT2D eigenvalue weighted by molar-refractivity contribution is 5.82. The Bertz CT molecular complexity index is 715. The summed E-state index contributed by atoms with van der Waals surface area (Å²) in [6, 6.07) is 19.5. The zero-order valence-corrected chi connectivity index (χ0v) is 17.3. The van der Waals surface area contributed by atoms with Gasteiger partial charge in [-0.2, -0.15) is 0 Å². The van der Waals surface area contributed by atoms with Crippen LogP contribution in [0.1, 0.15) is 24.0 Å². The van der Waals surface area contributed by atoms with Gasteiger partial charge in [-0.15, -0.1) is 0 Å². The molecule has 0 aliphatic carbocycles. The monoisotopic (exact) mass is 410 g/mol. The molecular weight excluding hydrogens is 380 g/mol. The van der Waals surface area contributed by atoms with Gasteiger partial charge in [-0.3, -0.25) is 4.90 Å². The van der Waals surface area contributed by atoms with Crippen LogP contribution in [0, 0.1) is 0 Å². The first kappa shape index (κ1) is 21.8. The summed E-state index contributed by atoms with van der Waals surface area (Å²) < 4.78 is 10.9. The Hall–Kier alpha value is -2.86. The third kappa shape index (κ3) is 6.88. The van der Waals surface area contributed by atoms with Crippen LogP contribution in [0.3, 0.4) is 0 Å². The second kappa shape index (κ2) is 12.0. The van der Waals surface area contributed by atoms with Crippen LogP contribution in [-0.2, 0) is 27.1 Å². The zero-order valence-electron chi connectivity index (χ0n) is 17.3. The average molecular weight is 411 g/mol. The van der Waals surface area contributed by atoms with Gasteiger partial charge in [0.25, 0.3) is 0 Å². The SMILES string of the molecule is O=C(OCCCc1ccccc1)C1CNCCN1C(=O)OCCCc1ccccc1. The molecule has 2 aromatic carbocycles. The third-order valence-electron chi connectivity index (χ3n) is 5.13. The fraction of sp³-hybridized carbons (Fsp3) is 0.417. The number of esters is 1. The van der Waals surface area contributed by atoms with Gasteiger partial charge in [0.2, 0.25) is 0 Å². The lowest BCUT2D eigenvalue weighted by Crippen LogP contribution is -2.57. The summed E-state index contributed by atoms with van der Waals surface area (Å²) >= 11 is 0. The number of aryl methyl sites for hydroxylation is 2. The molecular formula is C24H30N2O4. The number of nitrogens with one attached hydrogen (secondary N) is 1. The minimum Gasteiger partial charge on any atom is -0.464 e. The largest absolute Gasteiger partial charge is 0.464 e. The predicted octanol–water partition coefficient (Wildman–Crippen LogP) is 3.21. The highest BCUT2D eigenvalue weighted by Gasteiger charge is 2.34. The summed E-state index contributed by atoms with van der Waals surface area (Å²) in [5.41, 5.74) is 2.43. The first-order chi connectivity index (χ1) is 14.7. The first-order valence-corrected chi connectivity index (χ1v) is 10.6. The lowest BCUT2D eigenvalue weighted by atomic mass is 10.1. The van der Waals surface area contributed by atoms with Gasteiger partial charge >= 0.3 is 12.1 Å². The maximum Gasteiger partial charge on any atom is 0.410 e. The minimum absolute atomic E-state index is 0.330. The van der Waals surface area contributed by atoms with Crippen molar-refractivity contribution < 1.29 is 19.1 Å². The number of amides is 1. The van der Waals surface area contributed by atoms with Crippen LogP contribution in [0.4, 0.5) is 4.79 Å². The molecule has 1 atom stereocenters. The van der Waals surface area contributed by atoms with Gasteiger partial charge in [0.15, 0.2) is 0 Å². The lowest BCUT2D eigenvalue weighted by molar-refractivity contribution is -0.150. The van der Waals surface area contributed by atoms with Gasteiger partial charge in [0.05, 0.1) is 13.2 Å². The van der Waals surface area contributed by atoms with Crippen molar-refractivity contribution in [2.24, 2.45) is 0 Å². The molecule has 1 heterocycles. The number of benzene rings is 2. The topological polar surface area (TPSA) is 67.9 Å². The summed E-state index contributed by atoms with van der Waals surface area (Å²) in [6.45, 7) is 2.12. The van der Waals surface area contributed by atoms with Gasteiger partial charge in [0.1, 0.15) is 6.04 Å². The second-order valence-electron chi connectivity index (χ2n) is 7.37. The average Bonchev–Trinajstić information content (AvgIpc) is 2.80. The Morgan fingerprint density at radius 1 is 0.867 bits per heavy atom. The number of hydrogen-bond acceptors (Lipinski definition) is 5. The number of hydrogen-bond donors (Lipinski definition) is 1. The van der Waals surface area contributed by atoms with Crippen molar-refractivity contribution in [2.45, 2.75) is 31.7 Å². The number of nitrogens with zero attached hydrogens (tertiary/aromatic N) is 1. The fourth-order valence-electron chi connectivity index (χ4n) is 3.49. The Kier molecular flexibility index (Phi) is 8.72. The standard InChI is InChI=1S/C24H30N2O4/c27-23(29-17-7-13-20-9-3-1-4-10-20)22-19-25-15-16-26(22)24(28)30-18-8-14-21-11-5-2-6-12-21/h1-6,9-12,22,25H,7-8,13-19H2. The Morgan fingerprint density at radius 3 is 2.03 bits per heavy atom. The molecule has 1 saturated heterocycles. The van der Waals surface area contributed by atoms with Crippen molar-refractivity contribution in [1.29, 1.82) is 0 Å². The van der Waals surface area contributed by atoms with Crippen molar-refractivity contribution in [3.63, 3.8) is 0 Å². The predicted molar refractivity (Wildman–Crippen MR) is 115 cm³/mol. The third-order valence-corrected chi connectivity index (χ3v) is 5.13. The highest BCUT2D eigenvalue weighted by Crippen LogP contribution is 2.10. The summed E-state index contributed by atoms with van der Waals surface area (Å²) in [7, 11) is 0. The molecule has 0 bridgehead atoms. The summed E-state index contributed by atoms with van der Waals surface area (Å²) in [5, 5.41) is 3.16. The first-order valence-electron chi connectivity index (χ1n) is 10.6. The summed E-state index contributed by atoms with van der Waals surface area (Å²) in [4.78, 5) is 26.5. The zero-order chi connectivity index (χ0) is 21.0. The Labute approximate surface area is 178 Å². The highest BCUT2D eigenvalue weighted by atomic mass is 16.6. The molecule has 1 unspecified atom stereocenters. The number of rotatable bonds is 9. The fourth-order valence-corrected chi connectivity index (χ4v) is 3.49. The van der Waals surface area contributed by atoms with Crippen LogP contribution < -0.4 is 5.32 Å². The van der Waals surface area contributed by atoms with E-state index in [0.29, 0.717) is 32.8 Å². The number of carbonyl (C=O) groups is 2. The maximum absolute atomic E-state index is 12.5. The molecule has 3 rings (SSSR count).